The van der Waals surface area contributed by atoms with Crippen LogP contribution >= 0.6 is 23.1 Å². The van der Waals surface area contributed by atoms with Crippen molar-refractivity contribution < 1.29 is 24.9 Å². The third-order valence-corrected chi connectivity index (χ3v) is 5.78. The van der Waals surface area contributed by atoms with Crippen LogP contribution in [0.5, 0.6) is 5.75 Å². The lowest BCUT2D eigenvalue weighted by Gasteiger charge is -2.24. The van der Waals surface area contributed by atoms with E-state index in [1.54, 1.807) is 54.8 Å². The van der Waals surface area contributed by atoms with Crippen LogP contribution in [0.25, 0.3) is 10.8 Å². The number of thiophene rings is 1. The SMILES string of the molecule is CCOC(=O)CSc1cc(NC(O)(O)c2cccs2)c2ccccc2c1O. The molecule has 27 heavy (non-hydrogen) atoms. The summed E-state index contributed by atoms with van der Waals surface area (Å²) in [6.07, 6.45) is 0. The van der Waals surface area contributed by atoms with Gasteiger partial charge in [0.1, 0.15) is 5.75 Å². The number of esters is 1. The fourth-order valence-corrected chi connectivity index (χ4v) is 4.09. The van der Waals surface area contributed by atoms with E-state index in [0.29, 0.717) is 26.2 Å². The van der Waals surface area contributed by atoms with Crippen LogP contribution in [0.3, 0.4) is 0 Å². The van der Waals surface area contributed by atoms with Crippen molar-refractivity contribution in [2.45, 2.75) is 17.7 Å². The summed E-state index contributed by atoms with van der Waals surface area (Å²) >= 11 is 2.33. The first-order chi connectivity index (χ1) is 12.9. The molecule has 0 aliphatic heterocycles. The monoisotopic (exact) mass is 405 g/mol. The second-order valence-corrected chi connectivity index (χ2v) is 7.65. The number of benzene rings is 2. The number of ether oxygens (including phenoxy) is 1. The average molecular weight is 405 g/mol. The smallest absolute Gasteiger partial charge is 0.316 e. The predicted molar refractivity (Wildman–Crippen MR) is 107 cm³/mol. The van der Waals surface area contributed by atoms with Gasteiger partial charge >= 0.3 is 5.97 Å². The Kier molecular flexibility index (Phi) is 5.91. The summed E-state index contributed by atoms with van der Waals surface area (Å²) in [6.45, 7) is 2.01. The van der Waals surface area contributed by atoms with Crippen LogP contribution in [-0.4, -0.2) is 33.6 Å². The van der Waals surface area contributed by atoms with E-state index in [9.17, 15) is 20.1 Å². The predicted octanol–water partition coefficient (Wildman–Crippen LogP) is 3.47. The second kappa shape index (κ2) is 8.18. The van der Waals surface area contributed by atoms with Crippen molar-refractivity contribution in [1.29, 1.82) is 0 Å². The van der Waals surface area contributed by atoms with E-state index in [1.807, 2.05) is 0 Å². The molecule has 0 saturated carbocycles. The Balaban J connectivity index is 1.98. The van der Waals surface area contributed by atoms with Crippen LogP contribution in [0.1, 0.15) is 11.8 Å². The Bertz CT molecular complexity index is 941. The second-order valence-electron chi connectivity index (χ2n) is 5.68. The zero-order valence-electron chi connectivity index (χ0n) is 14.5. The van der Waals surface area contributed by atoms with Crippen LogP contribution in [0.2, 0.25) is 0 Å². The maximum atomic E-state index is 11.6. The van der Waals surface area contributed by atoms with Crippen molar-refractivity contribution in [1.82, 2.24) is 0 Å². The van der Waals surface area contributed by atoms with Crippen molar-refractivity contribution >= 4 is 45.5 Å². The number of phenols is 1. The van der Waals surface area contributed by atoms with Gasteiger partial charge in [-0.05, 0) is 24.4 Å². The molecule has 0 atom stereocenters. The molecule has 0 fully saturated rings. The third kappa shape index (κ3) is 4.36. The van der Waals surface area contributed by atoms with Gasteiger partial charge in [-0.15, -0.1) is 23.1 Å². The van der Waals surface area contributed by atoms with Crippen molar-refractivity contribution in [3.05, 3.63) is 52.7 Å². The topological polar surface area (TPSA) is 99.0 Å². The minimum atomic E-state index is -2.27. The number of carbonyl (C=O) groups is 1. The number of nitrogens with one attached hydrogen (secondary N) is 1. The fraction of sp³-hybridized carbons (Fsp3) is 0.211. The molecule has 4 N–H and O–H groups in total. The van der Waals surface area contributed by atoms with Gasteiger partial charge in [0, 0.05) is 16.5 Å². The van der Waals surface area contributed by atoms with Crippen molar-refractivity contribution in [3.63, 3.8) is 0 Å². The fourth-order valence-electron chi connectivity index (χ4n) is 2.61. The summed E-state index contributed by atoms with van der Waals surface area (Å²) in [5.41, 5.74) is 0.424. The number of fused-ring (bicyclic) bond motifs is 1. The highest BCUT2D eigenvalue weighted by atomic mass is 32.2. The molecule has 142 valence electrons. The van der Waals surface area contributed by atoms with Gasteiger partial charge in [-0.2, -0.15) is 0 Å². The van der Waals surface area contributed by atoms with E-state index >= 15 is 0 Å². The molecule has 3 rings (SSSR count). The summed E-state index contributed by atoms with van der Waals surface area (Å²) in [5.74, 6) is -2.59. The number of aliphatic hydroxyl groups is 2. The first-order valence-corrected chi connectivity index (χ1v) is 10.1. The highest BCUT2D eigenvalue weighted by molar-refractivity contribution is 8.00. The largest absolute Gasteiger partial charge is 0.506 e. The minimum absolute atomic E-state index is 0.0306. The van der Waals surface area contributed by atoms with Gasteiger partial charge in [-0.3, -0.25) is 4.79 Å². The maximum Gasteiger partial charge on any atom is 0.316 e. The summed E-state index contributed by atoms with van der Waals surface area (Å²) in [6, 6.07) is 12.0. The van der Waals surface area contributed by atoms with Crippen molar-refractivity contribution in [2.75, 3.05) is 17.7 Å². The number of carbonyl (C=O) groups excluding carboxylic acids is 1. The zero-order chi connectivity index (χ0) is 19.4. The lowest BCUT2D eigenvalue weighted by atomic mass is 10.1. The standard InChI is InChI=1S/C19H19NO5S2/c1-2-25-17(21)11-27-15-10-14(12-6-3-4-7-13(12)18(15)22)20-19(23,24)16-8-5-9-26-16/h3-10,20,22-24H,2,11H2,1H3. The lowest BCUT2D eigenvalue weighted by molar-refractivity contribution is -0.141. The first kappa shape index (κ1) is 19.5. The van der Waals surface area contributed by atoms with E-state index in [-0.39, 0.29) is 24.1 Å². The molecule has 8 heteroatoms. The van der Waals surface area contributed by atoms with E-state index in [1.165, 1.54) is 11.3 Å². The molecule has 6 nitrogen and oxygen atoms in total. The Morgan fingerprint density at radius 3 is 2.63 bits per heavy atom. The Morgan fingerprint density at radius 1 is 1.22 bits per heavy atom. The molecular weight excluding hydrogens is 386 g/mol. The Labute approximate surface area is 164 Å². The van der Waals surface area contributed by atoms with Crippen molar-refractivity contribution in [2.24, 2.45) is 0 Å². The molecule has 0 aliphatic rings. The van der Waals surface area contributed by atoms with Crippen LogP contribution < -0.4 is 5.32 Å². The van der Waals surface area contributed by atoms with Crippen molar-refractivity contribution in [3.8, 4) is 5.75 Å². The zero-order valence-corrected chi connectivity index (χ0v) is 16.1. The number of hydrogen-bond acceptors (Lipinski definition) is 8. The quantitative estimate of drug-likeness (QED) is 0.207. The van der Waals surface area contributed by atoms with Crippen LogP contribution in [0.4, 0.5) is 5.69 Å². The highest BCUT2D eigenvalue weighted by Crippen LogP contribution is 2.41. The van der Waals surface area contributed by atoms with Gasteiger partial charge in [-0.25, -0.2) is 0 Å². The van der Waals surface area contributed by atoms with E-state index in [4.69, 9.17) is 4.74 Å². The molecule has 0 saturated heterocycles. The summed E-state index contributed by atoms with van der Waals surface area (Å²) < 4.78 is 4.92. The minimum Gasteiger partial charge on any atom is -0.506 e. The summed E-state index contributed by atoms with van der Waals surface area (Å²) in [5, 5.41) is 37.1. The summed E-state index contributed by atoms with van der Waals surface area (Å²) in [4.78, 5) is 12.4. The molecule has 0 amide bonds. The van der Waals surface area contributed by atoms with Gasteiger partial charge in [-0.1, -0.05) is 30.3 Å². The van der Waals surface area contributed by atoms with Crippen LogP contribution in [0, 0.1) is 0 Å². The Morgan fingerprint density at radius 2 is 1.96 bits per heavy atom. The molecule has 0 unspecified atom stereocenters. The van der Waals surface area contributed by atoms with E-state index < -0.39 is 5.91 Å². The number of rotatable bonds is 7. The molecular formula is C19H19NO5S2. The molecule has 0 spiro atoms. The number of aromatic hydroxyl groups is 1. The molecule has 0 aliphatic carbocycles. The van der Waals surface area contributed by atoms with Crippen LogP contribution in [0.15, 0.2) is 52.7 Å². The van der Waals surface area contributed by atoms with Gasteiger partial charge < -0.3 is 25.4 Å². The molecule has 1 aromatic heterocycles. The Hall–Kier alpha value is -2.26. The van der Waals surface area contributed by atoms with Crippen LogP contribution in [-0.2, 0) is 15.4 Å². The molecule has 0 radical (unpaired) electrons. The highest BCUT2D eigenvalue weighted by Gasteiger charge is 2.28. The number of hydrogen-bond donors (Lipinski definition) is 4. The lowest BCUT2D eigenvalue weighted by Crippen LogP contribution is -2.33. The van der Waals surface area contributed by atoms with Gasteiger partial charge in [0.15, 0.2) is 0 Å². The van der Waals surface area contributed by atoms with Gasteiger partial charge in [0.2, 0.25) is 0 Å². The first-order valence-electron chi connectivity index (χ1n) is 8.22. The number of thioether (sulfide) groups is 1. The van der Waals surface area contributed by atoms with E-state index in [0.717, 1.165) is 11.8 Å². The summed E-state index contributed by atoms with van der Waals surface area (Å²) in [7, 11) is 0. The number of anilines is 1. The van der Waals surface area contributed by atoms with E-state index in [2.05, 4.69) is 5.32 Å². The van der Waals surface area contributed by atoms with Gasteiger partial charge in [0.05, 0.1) is 22.1 Å². The molecule has 1 heterocycles. The molecule has 3 aromatic rings. The van der Waals surface area contributed by atoms with Gasteiger partial charge in [0.25, 0.3) is 5.91 Å². The molecule has 2 aromatic carbocycles. The normalized spacial score (nSPS) is 11.5. The average Bonchev–Trinajstić information content (AvgIpc) is 3.19. The number of phenolic OH excluding ortho intramolecular Hbond substituents is 1. The third-order valence-electron chi connectivity index (χ3n) is 3.81. The maximum absolute atomic E-state index is 11.6. The molecule has 0 bridgehead atoms.